The van der Waals surface area contributed by atoms with Crippen LogP contribution in [0.1, 0.15) is 19.3 Å². The lowest BCUT2D eigenvalue weighted by molar-refractivity contribution is 0.444. The number of hydrogen-bond donors (Lipinski definition) is 1. The molecular formula is C12H16ClFN2. The molecule has 2 nitrogen and oxygen atoms in total. The van der Waals surface area contributed by atoms with Crippen molar-refractivity contribution in [2.45, 2.75) is 19.3 Å². The Labute approximate surface area is 100 Å². The van der Waals surface area contributed by atoms with Crippen molar-refractivity contribution in [3.05, 3.63) is 24.1 Å². The van der Waals surface area contributed by atoms with E-state index in [0.29, 0.717) is 11.8 Å². The average Bonchev–Trinajstić information content (AvgIpc) is 2.76. The second-order valence-corrected chi connectivity index (χ2v) is 4.66. The van der Waals surface area contributed by atoms with Gasteiger partial charge in [0.2, 0.25) is 0 Å². The van der Waals surface area contributed by atoms with Crippen LogP contribution in [0.3, 0.4) is 0 Å². The minimum atomic E-state index is -0.301. The van der Waals surface area contributed by atoms with Gasteiger partial charge >= 0.3 is 0 Å². The molecule has 1 aliphatic rings. The van der Waals surface area contributed by atoms with E-state index < -0.39 is 0 Å². The monoisotopic (exact) mass is 242 g/mol. The highest BCUT2D eigenvalue weighted by atomic mass is 35.5. The summed E-state index contributed by atoms with van der Waals surface area (Å²) in [5, 5.41) is 3.24. The van der Waals surface area contributed by atoms with Crippen molar-refractivity contribution in [3.63, 3.8) is 0 Å². The van der Waals surface area contributed by atoms with Crippen molar-refractivity contribution in [2.75, 3.05) is 17.7 Å². The van der Waals surface area contributed by atoms with Crippen molar-refractivity contribution >= 4 is 17.4 Å². The highest BCUT2D eigenvalue weighted by molar-refractivity contribution is 6.18. The number of nitrogens with zero attached hydrogens (tertiary/aromatic N) is 1. The van der Waals surface area contributed by atoms with E-state index >= 15 is 0 Å². The molecule has 2 rings (SSSR count). The second-order valence-electron chi connectivity index (χ2n) is 4.35. The summed E-state index contributed by atoms with van der Waals surface area (Å²) in [5.74, 6) is 2.43. The van der Waals surface area contributed by atoms with E-state index in [2.05, 4.69) is 10.3 Å². The Bertz CT molecular complexity index is 328. The van der Waals surface area contributed by atoms with Gasteiger partial charge in [-0.3, -0.25) is 0 Å². The molecule has 0 spiro atoms. The first kappa shape index (κ1) is 11.6. The van der Waals surface area contributed by atoms with Crippen LogP contribution in [-0.2, 0) is 0 Å². The third-order valence-corrected chi connectivity index (χ3v) is 3.68. The van der Waals surface area contributed by atoms with Crippen LogP contribution in [0.4, 0.5) is 10.2 Å². The number of hydrogen-bond acceptors (Lipinski definition) is 2. The molecule has 0 amide bonds. The second kappa shape index (κ2) is 5.48. The van der Waals surface area contributed by atoms with E-state index in [1.807, 2.05) is 0 Å². The van der Waals surface area contributed by atoms with Gasteiger partial charge in [0.15, 0.2) is 0 Å². The maximum absolute atomic E-state index is 12.6. The van der Waals surface area contributed by atoms with E-state index in [9.17, 15) is 4.39 Å². The summed E-state index contributed by atoms with van der Waals surface area (Å²) >= 11 is 5.91. The SMILES string of the molecule is Fc1ccc(NCC2CCCC2CCl)nc1. The van der Waals surface area contributed by atoms with Crippen molar-refractivity contribution in [2.24, 2.45) is 11.8 Å². The summed E-state index contributed by atoms with van der Waals surface area (Å²) < 4.78 is 12.6. The number of halogens is 2. The summed E-state index contributed by atoms with van der Waals surface area (Å²) in [6.07, 6.45) is 4.95. The Morgan fingerprint density at radius 1 is 1.38 bits per heavy atom. The lowest BCUT2D eigenvalue weighted by Crippen LogP contribution is -2.19. The van der Waals surface area contributed by atoms with Gasteiger partial charge in [-0.2, -0.15) is 0 Å². The van der Waals surface area contributed by atoms with Crippen LogP contribution in [-0.4, -0.2) is 17.4 Å². The lowest BCUT2D eigenvalue weighted by Gasteiger charge is -2.17. The van der Waals surface area contributed by atoms with Gasteiger partial charge in [0, 0.05) is 12.4 Å². The molecule has 2 unspecified atom stereocenters. The molecule has 0 aromatic carbocycles. The molecule has 16 heavy (non-hydrogen) atoms. The molecule has 0 bridgehead atoms. The molecule has 1 aromatic rings. The molecule has 0 saturated heterocycles. The zero-order valence-corrected chi connectivity index (χ0v) is 9.88. The molecule has 1 N–H and O–H groups in total. The number of alkyl halides is 1. The van der Waals surface area contributed by atoms with Crippen LogP contribution in [0.15, 0.2) is 18.3 Å². The smallest absolute Gasteiger partial charge is 0.141 e. The van der Waals surface area contributed by atoms with E-state index in [-0.39, 0.29) is 5.82 Å². The van der Waals surface area contributed by atoms with E-state index in [4.69, 9.17) is 11.6 Å². The molecule has 0 radical (unpaired) electrons. The Morgan fingerprint density at radius 3 is 2.88 bits per heavy atom. The third-order valence-electron chi connectivity index (χ3n) is 3.29. The molecular weight excluding hydrogens is 227 g/mol. The Morgan fingerprint density at radius 2 is 2.19 bits per heavy atom. The molecule has 1 saturated carbocycles. The summed E-state index contributed by atoms with van der Waals surface area (Å²) in [6, 6.07) is 3.09. The van der Waals surface area contributed by atoms with E-state index in [1.54, 1.807) is 6.07 Å². The average molecular weight is 243 g/mol. The van der Waals surface area contributed by atoms with Gasteiger partial charge in [0.25, 0.3) is 0 Å². The predicted molar refractivity (Wildman–Crippen MR) is 64.2 cm³/mol. The van der Waals surface area contributed by atoms with Crippen molar-refractivity contribution < 1.29 is 4.39 Å². The highest BCUT2D eigenvalue weighted by Crippen LogP contribution is 2.32. The van der Waals surface area contributed by atoms with E-state index in [0.717, 1.165) is 18.2 Å². The maximum atomic E-state index is 12.6. The summed E-state index contributed by atoms with van der Waals surface area (Å²) in [6.45, 7) is 0.885. The van der Waals surface area contributed by atoms with Gasteiger partial charge in [0.1, 0.15) is 11.6 Å². The first-order chi connectivity index (χ1) is 7.79. The van der Waals surface area contributed by atoms with Gasteiger partial charge in [-0.25, -0.2) is 9.37 Å². The summed E-state index contributed by atoms with van der Waals surface area (Å²) in [5.41, 5.74) is 0. The molecule has 0 aliphatic heterocycles. The number of rotatable bonds is 4. The number of anilines is 1. The fourth-order valence-electron chi connectivity index (χ4n) is 2.30. The predicted octanol–water partition coefficient (Wildman–Crippen LogP) is 3.29. The molecule has 1 aromatic heterocycles. The fraction of sp³-hybridized carbons (Fsp3) is 0.583. The van der Waals surface area contributed by atoms with Gasteiger partial charge in [-0.05, 0) is 36.8 Å². The minimum absolute atomic E-state index is 0.301. The largest absolute Gasteiger partial charge is 0.370 e. The quantitative estimate of drug-likeness (QED) is 0.820. The fourth-order valence-corrected chi connectivity index (χ4v) is 2.71. The van der Waals surface area contributed by atoms with Crippen molar-refractivity contribution in [3.8, 4) is 0 Å². The summed E-state index contributed by atoms with van der Waals surface area (Å²) in [4.78, 5) is 3.97. The van der Waals surface area contributed by atoms with Crippen molar-refractivity contribution in [1.82, 2.24) is 4.98 Å². The van der Waals surface area contributed by atoms with Gasteiger partial charge in [0.05, 0.1) is 6.20 Å². The third kappa shape index (κ3) is 2.85. The van der Waals surface area contributed by atoms with Gasteiger partial charge < -0.3 is 5.32 Å². The minimum Gasteiger partial charge on any atom is -0.370 e. The first-order valence-corrected chi connectivity index (χ1v) is 6.24. The number of nitrogens with one attached hydrogen (secondary N) is 1. The zero-order valence-electron chi connectivity index (χ0n) is 9.13. The van der Waals surface area contributed by atoms with Gasteiger partial charge in [-0.15, -0.1) is 11.6 Å². The molecule has 1 aliphatic carbocycles. The number of pyridine rings is 1. The summed E-state index contributed by atoms with van der Waals surface area (Å²) in [7, 11) is 0. The van der Waals surface area contributed by atoms with Crippen LogP contribution in [0, 0.1) is 17.7 Å². The molecule has 4 heteroatoms. The molecule has 88 valence electrons. The highest BCUT2D eigenvalue weighted by Gasteiger charge is 2.25. The normalized spacial score (nSPS) is 24.6. The Balaban J connectivity index is 1.85. The number of aromatic nitrogens is 1. The Kier molecular flexibility index (Phi) is 3.99. The standard InChI is InChI=1S/C12H16ClFN2/c13-6-9-2-1-3-10(9)7-15-12-5-4-11(14)8-16-12/h4-5,8-10H,1-3,6-7H2,(H,15,16). The topological polar surface area (TPSA) is 24.9 Å². The molecule has 2 atom stereocenters. The molecule has 1 heterocycles. The zero-order chi connectivity index (χ0) is 11.4. The van der Waals surface area contributed by atoms with Crippen LogP contribution < -0.4 is 5.32 Å². The van der Waals surface area contributed by atoms with Crippen LogP contribution >= 0.6 is 11.6 Å². The first-order valence-electron chi connectivity index (χ1n) is 5.71. The lowest BCUT2D eigenvalue weighted by atomic mass is 9.98. The Hall–Kier alpha value is -0.830. The van der Waals surface area contributed by atoms with Crippen LogP contribution in [0.2, 0.25) is 0 Å². The van der Waals surface area contributed by atoms with Crippen LogP contribution in [0.5, 0.6) is 0 Å². The van der Waals surface area contributed by atoms with Crippen molar-refractivity contribution in [1.29, 1.82) is 0 Å². The van der Waals surface area contributed by atoms with Crippen LogP contribution in [0.25, 0.3) is 0 Å². The maximum Gasteiger partial charge on any atom is 0.141 e. The molecule has 1 fully saturated rings. The van der Waals surface area contributed by atoms with E-state index in [1.165, 1.54) is 31.5 Å². The van der Waals surface area contributed by atoms with Gasteiger partial charge in [-0.1, -0.05) is 6.42 Å².